The largest absolute Gasteiger partial charge is 0.393 e. The Bertz CT molecular complexity index is 333. The van der Waals surface area contributed by atoms with Crippen molar-refractivity contribution in [1.29, 1.82) is 0 Å². The molecule has 1 rings (SSSR count). The van der Waals surface area contributed by atoms with Crippen molar-refractivity contribution in [3.05, 3.63) is 0 Å². The minimum Gasteiger partial charge on any atom is -0.393 e. The third-order valence-corrected chi connectivity index (χ3v) is 5.35. The molecule has 0 aromatic heterocycles. The summed E-state index contributed by atoms with van der Waals surface area (Å²) >= 11 is 0. The molecule has 1 saturated carbocycles. The van der Waals surface area contributed by atoms with Gasteiger partial charge >= 0.3 is 0 Å². The number of hydrogen-bond donors (Lipinski definition) is 1. The highest BCUT2D eigenvalue weighted by Gasteiger charge is 2.33. The predicted molar refractivity (Wildman–Crippen MR) is 72.4 cm³/mol. The van der Waals surface area contributed by atoms with Crippen LogP contribution in [0.2, 0.25) is 0 Å². The SMILES string of the molecule is CCCN(CCC)S(=O)(=O)N(C)CC1CC(O)C1. The van der Waals surface area contributed by atoms with Gasteiger partial charge in [0.15, 0.2) is 0 Å². The van der Waals surface area contributed by atoms with Crippen molar-refractivity contribution in [2.24, 2.45) is 5.92 Å². The van der Waals surface area contributed by atoms with Crippen LogP contribution in [-0.4, -0.2) is 54.9 Å². The van der Waals surface area contributed by atoms with Crippen LogP contribution in [0, 0.1) is 5.92 Å². The Labute approximate surface area is 111 Å². The lowest BCUT2D eigenvalue weighted by molar-refractivity contribution is 0.0362. The number of rotatable bonds is 8. The fourth-order valence-electron chi connectivity index (χ4n) is 2.35. The molecule has 1 aliphatic carbocycles. The van der Waals surface area contributed by atoms with E-state index in [2.05, 4.69) is 0 Å². The van der Waals surface area contributed by atoms with E-state index in [0.717, 1.165) is 25.7 Å². The van der Waals surface area contributed by atoms with Crippen LogP contribution in [0.25, 0.3) is 0 Å². The van der Waals surface area contributed by atoms with Crippen LogP contribution in [-0.2, 0) is 10.2 Å². The highest BCUT2D eigenvalue weighted by atomic mass is 32.2. The van der Waals surface area contributed by atoms with Crippen LogP contribution in [0.1, 0.15) is 39.5 Å². The molecule has 6 heteroatoms. The van der Waals surface area contributed by atoms with Crippen molar-refractivity contribution in [3.63, 3.8) is 0 Å². The summed E-state index contributed by atoms with van der Waals surface area (Å²) in [4.78, 5) is 0. The first-order valence-corrected chi connectivity index (χ1v) is 8.20. The van der Waals surface area contributed by atoms with Gasteiger partial charge in [0.25, 0.3) is 10.2 Å². The molecule has 0 spiro atoms. The standard InChI is InChI=1S/C12H26N2O3S/c1-4-6-14(7-5-2)18(16,17)13(3)10-11-8-12(15)9-11/h11-12,15H,4-10H2,1-3H3. The van der Waals surface area contributed by atoms with Gasteiger partial charge in [0.05, 0.1) is 6.10 Å². The Balaban J connectivity index is 2.58. The van der Waals surface area contributed by atoms with E-state index >= 15 is 0 Å². The summed E-state index contributed by atoms with van der Waals surface area (Å²) < 4.78 is 27.7. The molecule has 0 aromatic rings. The molecule has 0 aliphatic heterocycles. The van der Waals surface area contributed by atoms with Crippen molar-refractivity contribution >= 4 is 10.2 Å². The Morgan fingerprint density at radius 1 is 1.17 bits per heavy atom. The monoisotopic (exact) mass is 278 g/mol. The lowest BCUT2D eigenvalue weighted by atomic mass is 9.82. The van der Waals surface area contributed by atoms with Gasteiger partial charge in [0, 0.05) is 26.7 Å². The van der Waals surface area contributed by atoms with Gasteiger partial charge in [-0.2, -0.15) is 17.0 Å². The zero-order valence-corrected chi connectivity index (χ0v) is 12.5. The quantitative estimate of drug-likeness (QED) is 0.722. The predicted octanol–water partition coefficient (Wildman–Crippen LogP) is 1.06. The maximum atomic E-state index is 12.4. The average Bonchev–Trinajstić information content (AvgIpc) is 2.26. The molecule has 0 aromatic carbocycles. The second kappa shape index (κ2) is 6.84. The number of nitrogens with zero attached hydrogens (tertiary/aromatic N) is 2. The summed E-state index contributed by atoms with van der Waals surface area (Å²) in [5, 5.41) is 9.23. The van der Waals surface area contributed by atoms with Crippen LogP contribution in [0.3, 0.4) is 0 Å². The Morgan fingerprint density at radius 3 is 2.06 bits per heavy atom. The number of aliphatic hydroxyl groups excluding tert-OH is 1. The summed E-state index contributed by atoms with van der Waals surface area (Å²) in [5.41, 5.74) is 0. The third kappa shape index (κ3) is 3.91. The van der Waals surface area contributed by atoms with Gasteiger partial charge in [0.2, 0.25) is 0 Å². The molecular weight excluding hydrogens is 252 g/mol. The topological polar surface area (TPSA) is 60.9 Å². The Kier molecular flexibility index (Phi) is 6.04. The van der Waals surface area contributed by atoms with E-state index in [1.165, 1.54) is 4.31 Å². The summed E-state index contributed by atoms with van der Waals surface area (Å²) in [7, 11) is -1.69. The highest BCUT2D eigenvalue weighted by molar-refractivity contribution is 7.86. The van der Waals surface area contributed by atoms with Crippen molar-refractivity contribution < 1.29 is 13.5 Å². The molecule has 108 valence electrons. The van der Waals surface area contributed by atoms with Crippen molar-refractivity contribution in [3.8, 4) is 0 Å². The van der Waals surface area contributed by atoms with E-state index in [4.69, 9.17) is 0 Å². The fourth-order valence-corrected chi connectivity index (χ4v) is 3.97. The van der Waals surface area contributed by atoms with Gasteiger partial charge in [-0.15, -0.1) is 0 Å². The van der Waals surface area contributed by atoms with Gasteiger partial charge in [-0.25, -0.2) is 0 Å². The van der Waals surface area contributed by atoms with E-state index in [1.807, 2.05) is 13.8 Å². The molecule has 0 radical (unpaired) electrons. The van der Waals surface area contributed by atoms with Crippen LogP contribution in [0.5, 0.6) is 0 Å². The molecule has 18 heavy (non-hydrogen) atoms. The van der Waals surface area contributed by atoms with Crippen molar-refractivity contribution in [1.82, 2.24) is 8.61 Å². The van der Waals surface area contributed by atoms with Gasteiger partial charge in [-0.05, 0) is 31.6 Å². The minimum atomic E-state index is -3.33. The maximum absolute atomic E-state index is 12.4. The smallest absolute Gasteiger partial charge is 0.281 e. The molecule has 5 nitrogen and oxygen atoms in total. The van der Waals surface area contributed by atoms with E-state index in [1.54, 1.807) is 11.4 Å². The van der Waals surface area contributed by atoms with E-state index < -0.39 is 10.2 Å². The molecule has 0 heterocycles. The zero-order chi connectivity index (χ0) is 13.8. The summed E-state index contributed by atoms with van der Waals surface area (Å²) in [6, 6.07) is 0. The number of aliphatic hydroxyl groups is 1. The van der Waals surface area contributed by atoms with Gasteiger partial charge in [0.1, 0.15) is 0 Å². The van der Waals surface area contributed by atoms with Gasteiger partial charge in [-0.1, -0.05) is 13.8 Å². The third-order valence-electron chi connectivity index (χ3n) is 3.39. The molecule has 0 unspecified atom stereocenters. The molecule has 0 saturated heterocycles. The first-order valence-electron chi connectivity index (χ1n) is 6.81. The lowest BCUT2D eigenvalue weighted by Gasteiger charge is -2.35. The van der Waals surface area contributed by atoms with Crippen LogP contribution in [0.15, 0.2) is 0 Å². The van der Waals surface area contributed by atoms with Crippen LogP contribution < -0.4 is 0 Å². The maximum Gasteiger partial charge on any atom is 0.281 e. The molecule has 1 aliphatic rings. The van der Waals surface area contributed by atoms with Crippen LogP contribution >= 0.6 is 0 Å². The summed E-state index contributed by atoms with van der Waals surface area (Å²) in [6.07, 6.45) is 2.88. The Morgan fingerprint density at radius 2 is 1.67 bits per heavy atom. The van der Waals surface area contributed by atoms with Crippen LogP contribution in [0.4, 0.5) is 0 Å². The first-order chi connectivity index (χ1) is 8.41. The molecule has 1 fully saturated rings. The van der Waals surface area contributed by atoms with E-state index in [0.29, 0.717) is 25.6 Å². The Hall–Kier alpha value is -0.170. The van der Waals surface area contributed by atoms with Gasteiger partial charge in [-0.3, -0.25) is 0 Å². The van der Waals surface area contributed by atoms with Gasteiger partial charge < -0.3 is 5.11 Å². The summed E-state index contributed by atoms with van der Waals surface area (Å²) in [6.45, 7) is 5.64. The molecule has 0 amide bonds. The molecule has 0 atom stereocenters. The second-order valence-corrected chi connectivity index (χ2v) is 7.21. The molecule has 0 bridgehead atoms. The average molecular weight is 278 g/mol. The van der Waals surface area contributed by atoms with E-state index in [-0.39, 0.29) is 6.10 Å². The second-order valence-electron chi connectivity index (χ2n) is 5.18. The first kappa shape index (κ1) is 15.9. The lowest BCUT2D eigenvalue weighted by Crippen LogP contribution is -2.46. The minimum absolute atomic E-state index is 0.228. The van der Waals surface area contributed by atoms with E-state index in [9.17, 15) is 13.5 Å². The summed E-state index contributed by atoms with van der Waals surface area (Å²) in [5.74, 6) is 0.310. The van der Waals surface area contributed by atoms with Crippen molar-refractivity contribution in [2.75, 3.05) is 26.7 Å². The fraction of sp³-hybridized carbons (Fsp3) is 1.00. The molecular formula is C12H26N2O3S. The van der Waals surface area contributed by atoms with Crippen molar-refractivity contribution in [2.45, 2.75) is 45.6 Å². The number of hydrogen-bond acceptors (Lipinski definition) is 3. The molecule has 1 N–H and O–H groups in total. The normalized spacial score (nSPS) is 24.6. The highest BCUT2D eigenvalue weighted by Crippen LogP contribution is 2.28. The zero-order valence-electron chi connectivity index (χ0n) is 11.7.